The lowest BCUT2D eigenvalue weighted by Crippen LogP contribution is -2.19. The van der Waals surface area contributed by atoms with Crippen LogP contribution in [-0.2, 0) is 5.41 Å². The summed E-state index contributed by atoms with van der Waals surface area (Å²) >= 11 is 0. The number of rotatable bonds is 3. The molecule has 5 heteroatoms. The van der Waals surface area contributed by atoms with Gasteiger partial charge in [-0.1, -0.05) is 26.0 Å². The molecule has 0 amide bonds. The minimum atomic E-state index is -0.119. The molecule has 0 aliphatic heterocycles. The topological polar surface area (TPSA) is 66.0 Å². The van der Waals surface area contributed by atoms with Crippen molar-refractivity contribution in [1.82, 2.24) is 15.0 Å². The second-order valence-corrected chi connectivity index (χ2v) is 5.41. The Balaban J connectivity index is 2.42. The summed E-state index contributed by atoms with van der Waals surface area (Å²) in [6.45, 7) is 8.89. The molecular weight excluding hydrogens is 240 g/mol. The second kappa shape index (κ2) is 4.91. The highest BCUT2D eigenvalue weighted by Crippen LogP contribution is 2.28. The Morgan fingerprint density at radius 1 is 1.21 bits per heavy atom. The maximum absolute atomic E-state index is 5.92. The van der Waals surface area contributed by atoms with Crippen molar-refractivity contribution in [1.29, 1.82) is 0 Å². The van der Waals surface area contributed by atoms with E-state index in [1.165, 1.54) is 0 Å². The number of hydrogen-bond donors (Lipinski definition) is 1. The fourth-order valence-corrected chi connectivity index (χ4v) is 2.03. The molecule has 1 aromatic heterocycles. The minimum absolute atomic E-state index is 0.119. The number of nitrogens with two attached hydrogens (primary N) is 1. The lowest BCUT2D eigenvalue weighted by atomic mass is 9.91. The Morgan fingerprint density at radius 3 is 2.37 bits per heavy atom. The first-order valence-corrected chi connectivity index (χ1v) is 6.38. The van der Waals surface area contributed by atoms with Gasteiger partial charge in [-0.15, -0.1) is 5.10 Å². The molecule has 2 rings (SSSR count). The first-order chi connectivity index (χ1) is 8.93. The van der Waals surface area contributed by atoms with Gasteiger partial charge in [-0.3, -0.25) is 0 Å². The average Bonchev–Trinajstić information content (AvgIpc) is 2.72. The standard InChI is InChI=1S/C14H20N4O/c1-5-19-11-8-6-10(7-9-11)18-12(14(2,3)4)13(15)16-17-18/h6-9H,5,15H2,1-4H3. The molecule has 1 heterocycles. The van der Waals surface area contributed by atoms with Crippen LogP contribution in [-0.4, -0.2) is 21.6 Å². The molecule has 0 fully saturated rings. The maximum Gasteiger partial charge on any atom is 0.170 e. The van der Waals surface area contributed by atoms with E-state index in [-0.39, 0.29) is 5.41 Å². The molecule has 5 nitrogen and oxygen atoms in total. The third-order valence-electron chi connectivity index (χ3n) is 2.80. The van der Waals surface area contributed by atoms with E-state index in [1.807, 2.05) is 31.2 Å². The molecule has 19 heavy (non-hydrogen) atoms. The highest BCUT2D eigenvalue weighted by atomic mass is 16.5. The van der Waals surface area contributed by atoms with Crippen LogP contribution in [0.1, 0.15) is 33.4 Å². The van der Waals surface area contributed by atoms with Crippen LogP contribution in [0.25, 0.3) is 5.69 Å². The first-order valence-electron chi connectivity index (χ1n) is 6.38. The van der Waals surface area contributed by atoms with E-state index < -0.39 is 0 Å². The van der Waals surface area contributed by atoms with E-state index in [9.17, 15) is 0 Å². The average molecular weight is 260 g/mol. The molecule has 0 bridgehead atoms. The molecular formula is C14H20N4O. The van der Waals surface area contributed by atoms with Crippen LogP contribution in [0.3, 0.4) is 0 Å². The van der Waals surface area contributed by atoms with E-state index >= 15 is 0 Å². The summed E-state index contributed by atoms with van der Waals surface area (Å²) in [5, 5.41) is 8.11. The molecule has 2 N–H and O–H groups in total. The van der Waals surface area contributed by atoms with Gasteiger partial charge in [0.15, 0.2) is 5.82 Å². The van der Waals surface area contributed by atoms with Gasteiger partial charge in [0.1, 0.15) is 5.75 Å². The number of benzene rings is 1. The van der Waals surface area contributed by atoms with E-state index in [4.69, 9.17) is 10.5 Å². The van der Waals surface area contributed by atoms with Gasteiger partial charge in [-0.25, -0.2) is 4.68 Å². The maximum atomic E-state index is 5.92. The van der Waals surface area contributed by atoms with Crippen molar-refractivity contribution in [2.75, 3.05) is 12.3 Å². The van der Waals surface area contributed by atoms with Crippen molar-refractivity contribution in [2.45, 2.75) is 33.1 Å². The Morgan fingerprint density at radius 2 is 1.84 bits per heavy atom. The molecule has 0 radical (unpaired) electrons. The Bertz CT molecular complexity index is 552. The van der Waals surface area contributed by atoms with Crippen LogP contribution < -0.4 is 10.5 Å². The summed E-state index contributed by atoms with van der Waals surface area (Å²) in [6, 6.07) is 7.75. The number of aromatic nitrogens is 3. The third-order valence-corrected chi connectivity index (χ3v) is 2.80. The van der Waals surface area contributed by atoms with Crippen LogP contribution in [0.2, 0.25) is 0 Å². The van der Waals surface area contributed by atoms with Crippen molar-refractivity contribution in [3.8, 4) is 11.4 Å². The molecule has 0 aliphatic carbocycles. The largest absolute Gasteiger partial charge is 0.494 e. The van der Waals surface area contributed by atoms with Gasteiger partial charge >= 0.3 is 0 Å². The molecule has 1 aromatic carbocycles. The zero-order valence-electron chi connectivity index (χ0n) is 11.8. The number of ether oxygens (including phenoxy) is 1. The van der Waals surface area contributed by atoms with E-state index in [2.05, 4.69) is 31.1 Å². The van der Waals surface area contributed by atoms with Crippen LogP contribution in [0.5, 0.6) is 5.75 Å². The van der Waals surface area contributed by atoms with Gasteiger partial charge in [-0.2, -0.15) is 0 Å². The van der Waals surface area contributed by atoms with E-state index in [1.54, 1.807) is 4.68 Å². The predicted octanol–water partition coefficient (Wildman–Crippen LogP) is 2.55. The van der Waals surface area contributed by atoms with Crippen LogP contribution in [0.15, 0.2) is 24.3 Å². The number of nitrogen functional groups attached to an aromatic ring is 1. The van der Waals surface area contributed by atoms with Gasteiger partial charge < -0.3 is 10.5 Å². The highest BCUT2D eigenvalue weighted by molar-refractivity contribution is 5.45. The Kier molecular flexibility index (Phi) is 3.46. The molecule has 0 saturated heterocycles. The third kappa shape index (κ3) is 2.70. The Hall–Kier alpha value is -2.04. The summed E-state index contributed by atoms with van der Waals surface area (Å²) < 4.78 is 7.21. The second-order valence-electron chi connectivity index (χ2n) is 5.41. The summed E-state index contributed by atoms with van der Waals surface area (Å²) in [5.41, 5.74) is 7.65. The normalized spacial score (nSPS) is 11.6. The lowest BCUT2D eigenvalue weighted by Gasteiger charge is -2.20. The molecule has 0 atom stereocenters. The molecule has 102 valence electrons. The summed E-state index contributed by atoms with van der Waals surface area (Å²) in [6.07, 6.45) is 0. The first kappa shape index (κ1) is 13.4. The number of nitrogens with zero attached hydrogens (tertiary/aromatic N) is 3. The van der Waals surface area contributed by atoms with Crippen LogP contribution >= 0.6 is 0 Å². The fourth-order valence-electron chi connectivity index (χ4n) is 2.03. The predicted molar refractivity (Wildman–Crippen MR) is 75.6 cm³/mol. The number of hydrogen-bond acceptors (Lipinski definition) is 4. The monoisotopic (exact) mass is 260 g/mol. The van der Waals surface area contributed by atoms with E-state index in [0.717, 1.165) is 17.1 Å². The van der Waals surface area contributed by atoms with Crippen LogP contribution in [0.4, 0.5) is 5.82 Å². The van der Waals surface area contributed by atoms with E-state index in [0.29, 0.717) is 12.4 Å². The fraction of sp³-hybridized carbons (Fsp3) is 0.429. The van der Waals surface area contributed by atoms with Crippen molar-refractivity contribution in [2.24, 2.45) is 0 Å². The molecule has 0 unspecified atom stereocenters. The zero-order chi connectivity index (χ0) is 14.0. The Labute approximate surface area is 113 Å². The summed E-state index contributed by atoms with van der Waals surface area (Å²) in [5.74, 6) is 1.32. The smallest absolute Gasteiger partial charge is 0.170 e. The SMILES string of the molecule is CCOc1ccc(-n2nnc(N)c2C(C)(C)C)cc1. The van der Waals surface area contributed by atoms with Crippen molar-refractivity contribution >= 4 is 5.82 Å². The van der Waals surface area contributed by atoms with Gasteiger partial charge in [0, 0.05) is 5.41 Å². The summed E-state index contributed by atoms with van der Waals surface area (Å²) in [7, 11) is 0. The highest BCUT2D eigenvalue weighted by Gasteiger charge is 2.24. The van der Waals surface area contributed by atoms with Crippen molar-refractivity contribution < 1.29 is 4.74 Å². The lowest BCUT2D eigenvalue weighted by molar-refractivity contribution is 0.340. The quantitative estimate of drug-likeness (QED) is 0.921. The summed E-state index contributed by atoms with van der Waals surface area (Å²) in [4.78, 5) is 0. The van der Waals surface area contributed by atoms with Crippen molar-refractivity contribution in [3.63, 3.8) is 0 Å². The van der Waals surface area contributed by atoms with Gasteiger partial charge in [0.2, 0.25) is 0 Å². The molecule has 0 spiro atoms. The van der Waals surface area contributed by atoms with Crippen LogP contribution in [0, 0.1) is 0 Å². The van der Waals surface area contributed by atoms with Gasteiger partial charge in [-0.05, 0) is 31.2 Å². The molecule has 0 saturated carbocycles. The van der Waals surface area contributed by atoms with Crippen molar-refractivity contribution in [3.05, 3.63) is 30.0 Å². The van der Waals surface area contributed by atoms with Gasteiger partial charge in [0.25, 0.3) is 0 Å². The molecule has 0 aliphatic rings. The van der Waals surface area contributed by atoms with Gasteiger partial charge in [0.05, 0.1) is 18.0 Å². The number of anilines is 1. The minimum Gasteiger partial charge on any atom is -0.494 e. The molecule has 2 aromatic rings. The zero-order valence-corrected chi connectivity index (χ0v) is 11.8.